The Morgan fingerprint density at radius 3 is 2.16 bits per heavy atom. The van der Waals surface area contributed by atoms with Gasteiger partial charge in [0.25, 0.3) is 0 Å². The average Bonchev–Trinajstić information content (AvgIpc) is 2.97. The number of Topliss-reactive ketones (excluding diaryl/α,β-unsaturated/α-hetero) is 1. The molecule has 2 aliphatic rings. The van der Waals surface area contributed by atoms with E-state index < -0.39 is 19.5 Å². The summed E-state index contributed by atoms with van der Waals surface area (Å²) in [5.41, 5.74) is -0.905. The van der Waals surface area contributed by atoms with Gasteiger partial charge in [0, 0.05) is 18.4 Å². The van der Waals surface area contributed by atoms with Gasteiger partial charge >= 0.3 is 0 Å². The van der Waals surface area contributed by atoms with Crippen LogP contribution in [0.3, 0.4) is 0 Å². The molecule has 0 aromatic heterocycles. The predicted octanol–water partition coefficient (Wildman–Crippen LogP) is 4.93. The molecule has 1 saturated carbocycles. The third kappa shape index (κ3) is 3.75. The Balaban J connectivity index is 1.95. The molecular formula is C20H38O4Si. The quantitative estimate of drug-likeness (QED) is 0.508. The second kappa shape index (κ2) is 6.74. The van der Waals surface area contributed by atoms with Crippen molar-refractivity contribution in [2.24, 2.45) is 10.8 Å². The van der Waals surface area contributed by atoms with Gasteiger partial charge in [0.1, 0.15) is 5.78 Å². The van der Waals surface area contributed by atoms with Gasteiger partial charge in [-0.05, 0) is 51.2 Å². The fraction of sp³-hybridized carbons (Fsp3) is 0.950. The number of ether oxygens (including phenoxy) is 2. The fourth-order valence-corrected chi connectivity index (χ4v) is 5.09. The SMILES string of the molecule is CC1(CCCO[Si](C)(C)C(C)(C)C)CCC2(OCCO2)C(C)(C)C1=O. The molecule has 0 radical (unpaired) electrons. The number of carbonyl (C=O) groups is 1. The van der Waals surface area contributed by atoms with Crippen molar-refractivity contribution >= 4 is 14.1 Å². The first-order valence-electron chi connectivity index (χ1n) is 9.74. The van der Waals surface area contributed by atoms with Crippen LogP contribution in [0.25, 0.3) is 0 Å². The summed E-state index contributed by atoms with van der Waals surface area (Å²) in [5.74, 6) is -0.429. The van der Waals surface area contributed by atoms with Crippen LogP contribution in [0.5, 0.6) is 0 Å². The molecular weight excluding hydrogens is 332 g/mol. The van der Waals surface area contributed by atoms with Crippen molar-refractivity contribution in [2.45, 2.75) is 91.1 Å². The molecule has 5 heteroatoms. The number of hydrogen-bond acceptors (Lipinski definition) is 4. The van der Waals surface area contributed by atoms with Crippen LogP contribution in [-0.2, 0) is 18.7 Å². The molecule has 1 heterocycles. The minimum absolute atomic E-state index is 0.225. The molecule has 2 fully saturated rings. The first-order valence-corrected chi connectivity index (χ1v) is 12.7. The summed E-state index contributed by atoms with van der Waals surface area (Å²) in [5, 5.41) is 0.225. The zero-order valence-electron chi connectivity index (χ0n) is 17.6. The number of ketones is 1. The molecule has 1 aliphatic heterocycles. The maximum Gasteiger partial charge on any atom is 0.191 e. The van der Waals surface area contributed by atoms with Gasteiger partial charge in [0.2, 0.25) is 0 Å². The summed E-state index contributed by atoms with van der Waals surface area (Å²) in [6.07, 6.45) is 3.43. The molecule has 0 aromatic carbocycles. The van der Waals surface area contributed by atoms with E-state index in [-0.39, 0.29) is 16.2 Å². The molecule has 146 valence electrons. The van der Waals surface area contributed by atoms with Gasteiger partial charge in [-0.2, -0.15) is 0 Å². The molecule has 4 nitrogen and oxygen atoms in total. The molecule has 1 saturated heterocycles. The van der Waals surface area contributed by atoms with Crippen molar-refractivity contribution in [1.29, 1.82) is 0 Å². The van der Waals surface area contributed by atoms with Crippen LogP contribution < -0.4 is 0 Å². The zero-order valence-corrected chi connectivity index (χ0v) is 18.6. The van der Waals surface area contributed by atoms with Crippen LogP contribution in [0.1, 0.15) is 67.2 Å². The monoisotopic (exact) mass is 370 g/mol. The number of rotatable bonds is 5. The number of carbonyl (C=O) groups excluding carboxylic acids is 1. The van der Waals surface area contributed by atoms with Crippen molar-refractivity contribution < 1.29 is 18.7 Å². The minimum atomic E-state index is -1.71. The molecule has 1 aliphatic carbocycles. The van der Waals surface area contributed by atoms with Crippen molar-refractivity contribution in [1.82, 2.24) is 0 Å². The molecule has 1 spiro atoms. The second-order valence-electron chi connectivity index (χ2n) is 10.2. The summed E-state index contributed by atoms with van der Waals surface area (Å²) in [6, 6.07) is 0. The van der Waals surface area contributed by atoms with E-state index >= 15 is 0 Å². The highest BCUT2D eigenvalue weighted by Crippen LogP contribution is 2.54. The Hall–Kier alpha value is -0.233. The summed E-state index contributed by atoms with van der Waals surface area (Å²) < 4.78 is 18.1. The van der Waals surface area contributed by atoms with Gasteiger partial charge in [0.15, 0.2) is 14.1 Å². The molecule has 1 unspecified atom stereocenters. The molecule has 0 aromatic rings. The normalized spacial score (nSPS) is 29.4. The van der Waals surface area contributed by atoms with Gasteiger partial charge in [-0.25, -0.2) is 0 Å². The van der Waals surface area contributed by atoms with E-state index in [9.17, 15) is 4.79 Å². The Labute approximate surface area is 155 Å². The lowest BCUT2D eigenvalue weighted by Crippen LogP contribution is -2.59. The summed E-state index contributed by atoms with van der Waals surface area (Å²) >= 11 is 0. The molecule has 0 bridgehead atoms. The average molecular weight is 371 g/mol. The van der Waals surface area contributed by atoms with Gasteiger partial charge in [-0.3, -0.25) is 4.79 Å². The topological polar surface area (TPSA) is 44.8 Å². The fourth-order valence-electron chi connectivity index (χ4n) is 4.00. The van der Waals surface area contributed by atoms with Crippen LogP contribution in [0, 0.1) is 10.8 Å². The Morgan fingerprint density at radius 2 is 1.64 bits per heavy atom. The smallest absolute Gasteiger partial charge is 0.191 e. The van der Waals surface area contributed by atoms with Crippen molar-refractivity contribution in [3.8, 4) is 0 Å². The molecule has 1 atom stereocenters. The van der Waals surface area contributed by atoms with Crippen molar-refractivity contribution in [3.63, 3.8) is 0 Å². The predicted molar refractivity (Wildman–Crippen MR) is 103 cm³/mol. The van der Waals surface area contributed by atoms with Crippen LogP contribution in [-0.4, -0.2) is 39.7 Å². The third-order valence-corrected chi connectivity index (χ3v) is 11.5. The van der Waals surface area contributed by atoms with Crippen molar-refractivity contribution in [3.05, 3.63) is 0 Å². The van der Waals surface area contributed by atoms with Gasteiger partial charge in [-0.15, -0.1) is 0 Å². The van der Waals surface area contributed by atoms with Crippen LogP contribution in [0.4, 0.5) is 0 Å². The number of hydrogen-bond donors (Lipinski definition) is 0. The third-order valence-electron chi connectivity index (χ3n) is 6.97. The standard InChI is InChI=1S/C20H38O4Si/c1-17(2,3)25(7,8)24-13-9-10-19(6)11-12-20(22-14-15-23-20)18(4,5)16(19)21/h9-15H2,1-8H3. The van der Waals surface area contributed by atoms with E-state index in [4.69, 9.17) is 13.9 Å². The highest BCUT2D eigenvalue weighted by molar-refractivity contribution is 6.74. The molecule has 0 N–H and O–H groups in total. The first-order chi connectivity index (χ1) is 11.3. The van der Waals surface area contributed by atoms with E-state index in [0.717, 1.165) is 32.3 Å². The van der Waals surface area contributed by atoms with Crippen molar-refractivity contribution in [2.75, 3.05) is 19.8 Å². The lowest BCUT2D eigenvalue weighted by Gasteiger charge is -2.51. The van der Waals surface area contributed by atoms with E-state index in [1.165, 1.54) is 0 Å². The highest BCUT2D eigenvalue weighted by atomic mass is 28.4. The van der Waals surface area contributed by atoms with Gasteiger partial charge < -0.3 is 13.9 Å². The Bertz CT molecular complexity index is 500. The first kappa shape index (κ1) is 21.1. The Morgan fingerprint density at radius 1 is 1.08 bits per heavy atom. The lowest BCUT2D eigenvalue weighted by atomic mass is 9.58. The van der Waals surface area contributed by atoms with E-state index in [1.54, 1.807) is 0 Å². The Kier molecular flexibility index (Phi) is 5.68. The maximum atomic E-state index is 13.3. The van der Waals surface area contributed by atoms with Crippen LogP contribution in [0.2, 0.25) is 18.1 Å². The van der Waals surface area contributed by atoms with Gasteiger partial charge in [0.05, 0.1) is 18.6 Å². The summed E-state index contributed by atoms with van der Waals surface area (Å²) in [7, 11) is -1.71. The largest absolute Gasteiger partial charge is 0.417 e. The summed E-state index contributed by atoms with van der Waals surface area (Å²) in [4.78, 5) is 13.3. The molecule has 0 amide bonds. The maximum absolute atomic E-state index is 13.3. The molecule has 25 heavy (non-hydrogen) atoms. The molecule has 2 rings (SSSR count). The lowest BCUT2D eigenvalue weighted by molar-refractivity contribution is -0.246. The minimum Gasteiger partial charge on any atom is -0.417 e. The highest BCUT2D eigenvalue weighted by Gasteiger charge is 2.61. The second-order valence-corrected chi connectivity index (χ2v) is 15.0. The van der Waals surface area contributed by atoms with E-state index in [2.05, 4.69) is 40.8 Å². The van der Waals surface area contributed by atoms with Gasteiger partial charge in [-0.1, -0.05) is 27.7 Å². The van der Waals surface area contributed by atoms with Crippen LogP contribution in [0.15, 0.2) is 0 Å². The zero-order chi connectivity index (χ0) is 19.1. The van der Waals surface area contributed by atoms with E-state index in [0.29, 0.717) is 13.2 Å². The van der Waals surface area contributed by atoms with Crippen LogP contribution >= 0.6 is 0 Å². The van der Waals surface area contributed by atoms with E-state index in [1.807, 2.05) is 13.8 Å². The summed E-state index contributed by atoms with van der Waals surface area (Å²) in [6.45, 7) is 19.4.